The molecule has 63 valence electrons. The number of epoxide rings is 1. The molecule has 0 aromatic carbocycles. The number of fused-ring (bicyclic) bond motifs is 1. The Kier molecular flexibility index (Phi) is 2.17. The molecule has 3 atom stereocenters. The molecule has 0 N–H and O–H groups in total. The van der Waals surface area contributed by atoms with Gasteiger partial charge in [-0.15, -0.1) is 0 Å². The lowest BCUT2D eigenvalue weighted by atomic mass is 9.90. The molecule has 0 aromatic rings. The molecule has 2 rings (SSSR count). The topological polar surface area (TPSA) is 12.5 Å². The van der Waals surface area contributed by atoms with Gasteiger partial charge in [0.2, 0.25) is 0 Å². The Morgan fingerprint density at radius 3 is 2.73 bits per heavy atom. The molecule has 3 unspecified atom stereocenters. The third-order valence-electron chi connectivity index (χ3n) is 3.06. The molecule has 1 aliphatic heterocycles. The summed E-state index contributed by atoms with van der Waals surface area (Å²) >= 11 is 0. The molecule has 0 aromatic heterocycles. The van der Waals surface area contributed by atoms with Gasteiger partial charge < -0.3 is 4.74 Å². The van der Waals surface area contributed by atoms with E-state index in [2.05, 4.69) is 6.92 Å². The fourth-order valence-electron chi connectivity index (χ4n) is 2.13. The van der Waals surface area contributed by atoms with Crippen LogP contribution < -0.4 is 0 Å². The number of hydrogen-bond acceptors (Lipinski definition) is 1. The van der Waals surface area contributed by atoms with Crippen LogP contribution in [0.25, 0.3) is 0 Å². The van der Waals surface area contributed by atoms with E-state index in [0.717, 1.165) is 12.3 Å². The van der Waals surface area contributed by atoms with E-state index in [1.54, 1.807) is 0 Å². The Morgan fingerprint density at radius 1 is 1.09 bits per heavy atom. The number of hydrogen-bond donors (Lipinski definition) is 0. The minimum absolute atomic E-state index is 0.643. The molecule has 1 saturated heterocycles. The Bertz CT molecular complexity index is 133. The van der Waals surface area contributed by atoms with Gasteiger partial charge in [0.15, 0.2) is 0 Å². The van der Waals surface area contributed by atoms with Crippen molar-refractivity contribution in [3.05, 3.63) is 6.92 Å². The van der Waals surface area contributed by atoms with Gasteiger partial charge in [0.25, 0.3) is 0 Å². The van der Waals surface area contributed by atoms with Crippen molar-refractivity contribution in [2.24, 2.45) is 5.92 Å². The highest BCUT2D eigenvalue weighted by molar-refractivity contribution is 4.87. The Labute approximate surface area is 69.1 Å². The van der Waals surface area contributed by atoms with Crippen LogP contribution in [0.5, 0.6) is 0 Å². The number of rotatable bonds is 1. The van der Waals surface area contributed by atoms with Crippen molar-refractivity contribution in [3.63, 3.8) is 0 Å². The summed E-state index contributed by atoms with van der Waals surface area (Å²) in [7, 11) is 0. The fourth-order valence-corrected chi connectivity index (χ4v) is 2.13. The first kappa shape index (κ1) is 7.60. The smallest absolute Gasteiger partial charge is 0.0842 e. The molecule has 0 spiro atoms. The van der Waals surface area contributed by atoms with Crippen molar-refractivity contribution in [1.82, 2.24) is 0 Å². The molecule has 0 bridgehead atoms. The van der Waals surface area contributed by atoms with Crippen LogP contribution in [0.4, 0.5) is 0 Å². The largest absolute Gasteiger partial charge is 0.370 e. The zero-order chi connectivity index (χ0) is 7.68. The molecule has 2 fully saturated rings. The predicted molar refractivity (Wildman–Crippen MR) is 45.2 cm³/mol. The average Bonchev–Trinajstić information content (AvgIpc) is 2.68. The third-order valence-corrected chi connectivity index (χ3v) is 3.06. The van der Waals surface area contributed by atoms with Gasteiger partial charge in [0.1, 0.15) is 0 Å². The molecule has 11 heavy (non-hydrogen) atoms. The van der Waals surface area contributed by atoms with Crippen LogP contribution in [0.3, 0.4) is 0 Å². The summed E-state index contributed by atoms with van der Waals surface area (Å²) < 4.78 is 5.51. The normalized spacial score (nSPS) is 43.9. The molecule has 1 aliphatic carbocycles. The maximum atomic E-state index is 5.51. The van der Waals surface area contributed by atoms with Gasteiger partial charge in [-0.2, -0.15) is 0 Å². The van der Waals surface area contributed by atoms with Gasteiger partial charge in [-0.3, -0.25) is 0 Å². The van der Waals surface area contributed by atoms with E-state index in [-0.39, 0.29) is 0 Å². The van der Waals surface area contributed by atoms with Crippen LogP contribution in [0.1, 0.15) is 38.5 Å². The van der Waals surface area contributed by atoms with Gasteiger partial charge in [-0.05, 0) is 25.2 Å². The summed E-state index contributed by atoms with van der Waals surface area (Å²) in [4.78, 5) is 0. The number of ether oxygens (including phenoxy) is 1. The van der Waals surface area contributed by atoms with E-state index in [9.17, 15) is 0 Å². The second-order valence-electron chi connectivity index (χ2n) is 3.88. The Morgan fingerprint density at radius 2 is 1.91 bits per heavy atom. The highest BCUT2D eigenvalue weighted by Gasteiger charge is 2.38. The molecular weight excluding hydrogens is 136 g/mol. The first-order chi connectivity index (χ1) is 5.40. The van der Waals surface area contributed by atoms with Crippen LogP contribution in [0, 0.1) is 12.8 Å². The minimum atomic E-state index is 0.643. The monoisotopic (exact) mass is 153 g/mol. The van der Waals surface area contributed by atoms with Crippen LogP contribution in [-0.2, 0) is 4.74 Å². The Balaban J connectivity index is 1.80. The summed E-state index contributed by atoms with van der Waals surface area (Å²) in [5.41, 5.74) is 0. The maximum Gasteiger partial charge on any atom is 0.0842 e. The first-order valence-corrected chi connectivity index (χ1v) is 4.85. The van der Waals surface area contributed by atoms with Crippen LogP contribution in [0.2, 0.25) is 0 Å². The highest BCUT2D eigenvalue weighted by atomic mass is 16.6. The highest BCUT2D eigenvalue weighted by Crippen LogP contribution is 2.36. The van der Waals surface area contributed by atoms with Crippen molar-refractivity contribution < 1.29 is 4.74 Å². The van der Waals surface area contributed by atoms with Gasteiger partial charge in [-0.25, -0.2) is 0 Å². The molecule has 1 saturated carbocycles. The SMILES string of the molecule is [CH2]CC1CCCC2OC2CC1. The first-order valence-electron chi connectivity index (χ1n) is 4.85. The summed E-state index contributed by atoms with van der Waals surface area (Å²) in [6.45, 7) is 3.98. The third kappa shape index (κ3) is 1.76. The van der Waals surface area contributed by atoms with Crippen LogP contribution in [0.15, 0.2) is 0 Å². The van der Waals surface area contributed by atoms with Crippen molar-refractivity contribution >= 4 is 0 Å². The minimum Gasteiger partial charge on any atom is -0.370 e. The molecule has 2 aliphatic rings. The summed E-state index contributed by atoms with van der Waals surface area (Å²) in [6, 6.07) is 0. The lowest BCUT2D eigenvalue weighted by molar-refractivity contribution is 0.354. The summed E-state index contributed by atoms with van der Waals surface area (Å²) in [6.07, 6.45) is 9.12. The zero-order valence-corrected chi connectivity index (χ0v) is 7.09. The van der Waals surface area contributed by atoms with E-state index in [1.165, 1.54) is 32.1 Å². The fraction of sp³-hybridized carbons (Fsp3) is 0.900. The molecule has 1 radical (unpaired) electrons. The van der Waals surface area contributed by atoms with E-state index in [1.807, 2.05) is 0 Å². The Hall–Kier alpha value is -0.0400. The molecule has 0 amide bonds. The zero-order valence-electron chi connectivity index (χ0n) is 7.09. The molecule has 1 heterocycles. The predicted octanol–water partition coefficient (Wildman–Crippen LogP) is 2.56. The lowest BCUT2D eigenvalue weighted by Gasteiger charge is -2.15. The van der Waals surface area contributed by atoms with E-state index in [0.29, 0.717) is 12.2 Å². The quantitative estimate of drug-likeness (QED) is 0.527. The molecular formula is C10H17O. The summed E-state index contributed by atoms with van der Waals surface area (Å²) in [5.74, 6) is 0.889. The second-order valence-corrected chi connectivity index (χ2v) is 3.88. The molecule has 1 heteroatoms. The summed E-state index contributed by atoms with van der Waals surface area (Å²) in [5, 5.41) is 0. The van der Waals surface area contributed by atoms with Crippen LogP contribution >= 0.6 is 0 Å². The van der Waals surface area contributed by atoms with Gasteiger partial charge in [0, 0.05) is 0 Å². The molecule has 1 nitrogen and oxygen atoms in total. The standard InChI is InChI=1S/C10H17O/c1-2-8-4-3-5-9-10(11-9)7-6-8/h8-10H,1-7H2. The van der Waals surface area contributed by atoms with Gasteiger partial charge >= 0.3 is 0 Å². The van der Waals surface area contributed by atoms with E-state index < -0.39 is 0 Å². The van der Waals surface area contributed by atoms with Gasteiger partial charge in [0.05, 0.1) is 12.2 Å². The lowest BCUT2D eigenvalue weighted by Crippen LogP contribution is -2.07. The van der Waals surface area contributed by atoms with E-state index in [4.69, 9.17) is 4.74 Å². The van der Waals surface area contributed by atoms with Crippen molar-refractivity contribution in [2.75, 3.05) is 0 Å². The van der Waals surface area contributed by atoms with Crippen LogP contribution in [-0.4, -0.2) is 12.2 Å². The second kappa shape index (κ2) is 3.14. The maximum absolute atomic E-state index is 5.51. The van der Waals surface area contributed by atoms with Crippen molar-refractivity contribution in [1.29, 1.82) is 0 Å². The van der Waals surface area contributed by atoms with Gasteiger partial charge in [-0.1, -0.05) is 26.2 Å². The van der Waals surface area contributed by atoms with E-state index >= 15 is 0 Å². The van der Waals surface area contributed by atoms with Crippen molar-refractivity contribution in [3.8, 4) is 0 Å². The average molecular weight is 153 g/mol. The van der Waals surface area contributed by atoms with Crippen molar-refractivity contribution in [2.45, 2.75) is 50.7 Å².